The molecule has 18 nitrogen and oxygen atoms in total. The third-order valence-corrected chi connectivity index (χ3v) is 15.4. The van der Waals surface area contributed by atoms with E-state index in [1.54, 1.807) is 32.2 Å². The number of nitrogens with one attached hydrogen (secondary N) is 2. The summed E-state index contributed by atoms with van der Waals surface area (Å²) in [7, 11) is 0. The second kappa shape index (κ2) is 26.5. The van der Waals surface area contributed by atoms with Gasteiger partial charge in [0.15, 0.2) is 28.4 Å². The van der Waals surface area contributed by atoms with Gasteiger partial charge < -0.3 is 39.2 Å². The first-order valence-corrected chi connectivity index (χ1v) is 29.2. The number of amides is 2. The first-order chi connectivity index (χ1) is 41.2. The topological polar surface area (TPSA) is 227 Å². The maximum absolute atomic E-state index is 15.0. The van der Waals surface area contributed by atoms with Gasteiger partial charge in [0.25, 0.3) is 11.8 Å². The van der Waals surface area contributed by atoms with Crippen LogP contribution in [0.1, 0.15) is 98.4 Å². The number of β-lactam (4-membered cyclic amide) rings is 1. The van der Waals surface area contributed by atoms with E-state index in [-0.39, 0.29) is 46.5 Å². The summed E-state index contributed by atoms with van der Waals surface area (Å²) in [6.45, 7) is 10.0. The van der Waals surface area contributed by atoms with Crippen LogP contribution in [0.3, 0.4) is 0 Å². The number of carbonyl (C=O) groups is 7. The van der Waals surface area contributed by atoms with Gasteiger partial charge in [0.2, 0.25) is 5.60 Å². The lowest BCUT2D eigenvalue weighted by Crippen LogP contribution is -2.71. The highest BCUT2D eigenvalue weighted by atomic mass is 32.2. The molecule has 1 aromatic heterocycles. The van der Waals surface area contributed by atoms with E-state index in [1.165, 1.54) is 73.0 Å². The van der Waals surface area contributed by atoms with Gasteiger partial charge in [-0.15, -0.1) is 23.1 Å². The number of aromatic nitrogens is 1. The Kier molecular flexibility index (Phi) is 18.8. The standard InChI is InChI=1S/C66H61N5O13S2/c1-41(72)80-51-36-35-45(38-52(51)81-42(2)73)60(76)79-37-23-28-46-39-85-59-54(58(75)71(59)55(46)61(77)82-56(43-24-13-8-14-25-43)44-26-15-9-16-27-44)68-57(74)53(70-84-65(6,7)62(78)83-64(3,4)5)50-40-86-63(67-50)69-66(47-29-17-10-18-30-47,48-31-19-11-20-32-48)49-33-21-12-22-34-49/h8-36,38,40,54,56,59H,37,39H2,1-7H3,(H,67,69)(H,68,74)/b28-23+,70-53-/t54?,59-/m0/s1. The number of rotatable bonds is 21. The second-order valence-corrected chi connectivity index (χ2v) is 23.2. The predicted molar refractivity (Wildman–Crippen MR) is 324 cm³/mol. The number of fused-ring (bicyclic) bond motifs is 1. The van der Waals surface area contributed by atoms with Gasteiger partial charge in [-0.25, -0.2) is 19.4 Å². The molecule has 1 fully saturated rings. The highest BCUT2D eigenvalue weighted by Crippen LogP contribution is 2.44. The molecular weight excluding hydrogens is 1130 g/mol. The Morgan fingerprint density at radius 2 is 1.24 bits per heavy atom. The fourth-order valence-electron chi connectivity index (χ4n) is 9.41. The van der Waals surface area contributed by atoms with Crippen LogP contribution >= 0.6 is 23.1 Å². The zero-order chi connectivity index (χ0) is 61.2. The van der Waals surface area contributed by atoms with Gasteiger partial charge >= 0.3 is 29.8 Å². The summed E-state index contributed by atoms with van der Waals surface area (Å²) in [5, 5.41) is 12.0. The lowest BCUT2D eigenvalue weighted by atomic mass is 9.77. The Morgan fingerprint density at radius 3 is 1.78 bits per heavy atom. The number of hydrogen-bond acceptors (Lipinski definition) is 18. The SMILES string of the molecule is CC(=O)Oc1ccc(C(=O)OC/C=C/C2=C(C(=O)OC(c3ccccc3)c3ccccc3)N3C(=O)C(NC(=O)/C(=N\OC(C)(C)C(=O)OC(C)(C)C)c4csc(NC(c5ccccc5)(c5ccccc5)c5ccccc5)n4)[C@@H]3SC2)cc1OC(C)=O. The molecule has 86 heavy (non-hydrogen) atoms. The van der Waals surface area contributed by atoms with E-state index < -0.39 is 75.9 Å². The normalized spacial score (nSPS) is 15.2. The van der Waals surface area contributed by atoms with Crippen LogP contribution in [-0.4, -0.2) is 92.2 Å². The van der Waals surface area contributed by atoms with Crippen molar-refractivity contribution in [2.24, 2.45) is 5.16 Å². The van der Waals surface area contributed by atoms with Crippen molar-refractivity contribution in [1.82, 2.24) is 15.2 Å². The molecule has 1 saturated heterocycles. The summed E-state index contributed by atoms with van der Waals surface area (Å²) in [5.74, 6) is -5.49. The minimum atomic E-state index is -1.71. The van der Waals surface area contributed by atoms with Crippen LogP contribution < -0.4 is 20.1 Å². The van der Waals surface area contributed by atoms with E-state index in [9.17, 15) is 33.6 Å². The molecule has 2 atom stereocenters. The van der Waals surface area contributed by atoms with Crippen molar-refractivity contribution in [2.75, 3.05) is 17.7 Å². The van der Waals surface area contributed by atoms with Crippen molar-refractivity contribution in [3.63, 3.8) is 0 Å². The number of esters is 5. The number of oxime groups is 1. The van der Waals surface area contributed by atoms with Crippen LogP contribution in [0.5, 0.6) is 11.5 Å². The van der Waals surface area contributed by atoms with Crippen molar-refractivity contribution >= 4 is 75.6 Å². The Balaban J connectivity index is 1.03. The highest BCUT2D eigenvalue weighted by Gasteiger charge is 2.55. The van der Waals surface area contributed by atoms with Crippen LogP contribution in [-0.2, 0) is 53.4 Å². The number of carbonyl (C=O) groups excluding carboxylic acids is 7. The third kappa shape index (κ3) is 14.1. The van der Waals surface area contributed by atoms with Gasteiger partial charge in [0, 0.05) is 25.0 Å². The van der Waals surface area contributed by atoms with Gasteiger partial charge in [-0.3, -0.25) is 24.1 Å². The quantitative estimate of drug-likeness (QED) is 0.0130. The number of anilines is 1. The van der Waals surface area contributed by atoms with Crippen molar-refractivity contribution in [3.8, 4) is 11.5 Å². The van der Waals surface area contributed by atoms with Crippen LogP contribution in [0.25, 0.3) is 0 Å². The zero-order valence-corrected chi connectivity index (χ0v) is 49.6. The maximum atomic E-state index is 15.0. The van der Waals surface area contributed by atoms with E-state index >= 15 is 0 Å². The van der Waals surface area contributed by atoms with E-state index in [0.29, 0.717) is 21.8 Å². The van der Waals surface area contributed by atoms with Gasteiger partial charge in [-0.1, -0.05) is 163 Å². The van der Waals surface area contributed by atoms with Crippen molar-refractivity contribution in [2.45, 2.75) is 82.7 Å². The molecule has 9 rings (SSSR count). The van der Waals surface area contributed by atoms with E-state index in [1.807, 2.05) is 152 Å². The molecule has 0 spiro atoms. The molecule has 0 saturated carbocycles. The minimum Gasteiger partial charge on any atom is -0.458 e. The molecule has 2 aliphatic rings. The van der Waals surface area contributed by atoms with Crippen molar-refractivity contribution in [1.29, 1.82) is 0 Å². The number of ether oxygens (including phenoxy) is 5. The Labute approximate surface area is 505 Å². The Morgan fingerprint density at radius 1 is 0.709 bits per heavy atom. The van der Waals surface area contributed by atoms with Crippen LogP contribution in [0, 0.1) is 0 Å². The molecule has 3 heterocycles. The smallest absolute Gasteiger partial charge is 0.356 e. The van der Waals surface area contributed by atoms with E-state index in [0.717, 1.165) is 23.6 Å². The van der Waals surface area contributed by atoms with Crippen molar-refractivity contribution < 1.29 is 62.1 Å². The average molecular weight is 1200 g/mol. The molecular formula is C66H61N5O13S2. The first kappa shape index (κ1) is 60.9. The number of hydrogen-bond donors (Lipinski definition) is 2. The predicted octanol–water partition coefficient (Wildman–Crippen LogP) is 10.6. The fraction of sp³-hybridized carbons (Fsp3) is 0.227. The monoisotopic (exact) mass is 1200 g/mol. The summed E-state index contributed by atoms with van der Waals surface area (Å²) in [6.07, 6.45) is 2.12. The number of nitrogens with zero attached hydrogens (tertiary/aromatic N) is 3. The summed E-state index contributed by atoms with van der Waals surface area (Å²) < 4.78 is 27.8. The lowest BCUT2D eigenvalue weighted by molar-refractivity contribution is -0.179. The van der Waals surface area contributed by atoms with Crippen LogP contribution in [0.4, 0.5) is 5.13 Å². The Hall–Kier alpha value is -9.66. The largest absolute Gasteiger partial charge is 0.458 e. The van der Waals surface area contributed by atoms with Gasteiger partial charge in [0.1, 0.15) is 40.6 Å². The number of allylic oxidation sites excluding steroid dienone is 1. The molecule has 7 aromatic rings. The maximum Gasteiger partial charge on any atom is 0.356 e. The summed E-state index contributed by atoms with van der Waals surface area (Å²) in [6, 6.07) is 50.4. The molecule has 20 heteroatoms. The molecule has 6 aromatic carbocycles. The highest BCUT2D eigenvalue weighted by molar-refractivity contribution is 8.00. The summed E-state index contributed by atoms with van der Waals surface area (Å²) in [4.78, 5) is 107. The van der Waals surface area contributed by atoms with Crippen molar-refractivity contribution in [3.05, 3.63) is 238 Å². The summed E-state index contributed by atoms with van der Waals surface area (Å²) >= 11 is 2.45. The molecule has 440 valence electrons. The summed E-state index contributed by atoms with van der Waals surface area (Å²) in [5.41, 5.74) is 0.299. The molecule has 2 amide bonds. The molecule has 2 aliphatic heterocycles. The molecule has 0 bridgehead atoms. The third-order valence-electron chi connectivity index (χ3n) is 13.4. The van der Waals surface area contributed by atoms with Gasteiger partial charge in [-0.05, 0) is 92.3 Å². The molecule has 2 N–H and O–H groups in total. The zero-order valence-electron chi connectivity index (χ0n) is 48.0. The minimum absolute atomic E-state index is 0.0214. The average Bonchev–Trinajstić information content (AvgIpc) is 1.46. The van der Waals surface area contributed by atoms with Gasteiger partial charge in [-0.2, -0.15) is 0 Å². The second-order valence-electron chi connectivity index (χ2n) is 21.2. The first-order valence-electron chi connectivity index (χ1n) is 27.3. The number of benzene rings is 6. The Bertz CT molecular complexity index is 3600. The molecule has 0 aliphatic carbocycles. The number of thioether (sulfide) groups is 1. The molecule has 1 unspecified atom stereocenters. The van der Waals surface area contributed by atoms with Crippen LogP contribution in [0.2, 0.25) is 0 Å². The number of thiazole rings is 1. The van der Waals surface area contributed by atoms with Crippen LogP contribution in [0.15, 0.2) is 204 Å². The van der Waals surface area contributed by atoms with E-state index in [4.69, 9.17) is 33.5 Å². The van der Waals surface area contributed by atoms with Gasteiger partial charge in [0.05, 0.1) is 5.56 Å². The molecule has 0 radical (unpaired) electrons. The lowest BCUT2D eigenvalue weighted by Gasteiger charge is -2.49. The fourth-order valence-corrected chi connectivity index (χ4v) is 11.5. The van der Waals surface area contributed by atoms with E-state index in [2.05, 4.69) is 15.8 Å².